The van der Waals surface area contributed by atoms with Crippen LogP contribution in [0.5, 0.6) is 0 Å². The van der Waals surface area contributed by atoms with Crippen LogP contribution >= 0.6 is 35.3 Å². The van der Waals surface area contributed by atoms with E-state index in [1.165, 1.54) is 10.4 Å². The fraction of sp³-hybridized carbons (Fsp3) is 0.474. The largest absolute Gasteiger partial charge is 0.376 e. The molecule has 0 radical (unpaired) electrons. The molecule has 3 rings (SSSR count). The summed E-state index contributed by atoms with van der Waals surface area (Å²) in [7, 11) is 1.85. The molecule has 1 saturated heterocycles. The van der Waals surface area contributed by atoms with Crippen molar-refractivity contribution >= 4 is 41.3 Å². The van der Waals surface area contributed by atoms with Crippen LogP contribution in [0, 0.1) is 12.8 Å². The highest BCUT2D eigenvalue weighted by atomic mass is 127. The van der Waals surface area contributed by atoms with E-state index in [1.54, 1.807) is 11.3 Å². The Balaban J connectivity index is 0.00000243. The number of nitrogens with one attached hydrogen (secondary N) is 1. The van der Waals surface area contributed by atoms with Crippen molar-refractivity contribution in [1.82, 2.24) is 15.2 Å². The van der Waals surface area contributed by atoms with Crippen molar-refractivity contribution in [3.63, 3.8) is 0 Å². The third kappa shape index (κ3) is 5.92. The molecule has 0 saturated carbocycles. The van der Waals surface area contributed by atoms with Gasteiger partial charge in [-0.2, -0.15) is 0 Å². The maximum atomic E-state index is 5.91. The molecule has 1 fully saturated rings. The number of likely N-dealkylation sites (tertiary alicyclic amines) is 1. The van der Waals surface area contributed by atoms with Gasteiger partial charge >= 0.3 is 0 Å². The van der Waals surface area contributed by atoms with E-state index in [-0.39, 0.29) is 24.0 Å². The maximum Gasteiger partial charge on any atom is 0.193 e. The number of aromatic nitrogens is 1. The second-order valence-corrected chi connectivity index (χ2v) is 7.30. The van der Waals surface area contributed by atoms with Gasteiger partial charge in [0.2, 0.25) is 0 Å². The molecule has 5 nitrogen and oxygen atoms in total. The van der Waals surface area contributed by atoms with Crippen LogP contribution in [0.25, 0.3) is 0 Å². The molecular formula is C19H27IN4OS. The number of benzene rings is 1. The predicted molar refractivity (Wildman–Crippen MR) is 118 cm³/mol. The van der Waals surface area contributed by atoms with Gasteiger partial charge in [-0.15, -0.1) is 35.3 Å². The maximum absolute atomic E-state index is 5.91. The predicted octanol–water partition coefficient (Wildman–Crippen LogP) is 3.68. The van der Waals surface area contributed by atoms with Gasteiger partial charge in [0.05, 0.1) is 31.0 Å². The third-order valence-corrected chi connectivity index (χ3v) is 5.45. The van der Waals surface area contributed by atoms with Crippen molar-refractivity contribution in [3.8, 4) is 0 Å². The van der Waals surface area contributed by atoms with E-state index in [0.29, 0.717) is 12.5 Å². The van der Waals surface area contributed by atoms with Crippen LogP contribution in [-0.4, -0.2) is 42.6 Å². The molecule has 1 aromatic heterocycles. The number of hydrogen-bond acceptors (Lipinski definition) is 4. The van der Waals surface area contributed by atoms with Gasteiger partial charge in [-0.25, -0.2) is 4.98 Å². The minimum atomic E-state index is 0. The molecule has 1 aliphatic heterocycles. The summed E-state index contributed by atoms with van der Waals surface area (Å²) in [6, 6.07) is 10.3. The molecule has 1 N–H and O–H groups in total. The normalized spacial score (nSPS) is 17.2. The molecule has 1 aliphatic rings. The van der Waals surface area contributed by atoms with Gasteiger partial charge in [0.25, 0.3) is 0 Å². The number of rotatable bonds is 6. The Labute approximate surface area is 176 Å². The standard InChI is InChI=1S/C19H26N4OS.HI/c1-15-18(25-14-22-15)10-21-19(20-2)23-9-8-17(11-23)13-24-12-16-6-4-3-5-7-16;/h3-7,14,17H,8-13H2,1-2H3,(H,20,21);1H. The number of thiazole rings is 1. The zero-order valence-electron chi connectivity index (χ0n) is 15.4. The van der Waals surface area contributed by atoms with E-state index in [0.717, 1.165) is 44.3 Å². The van der Waals surface area contributed by atoms with Crippen LogP contribution in [0.3, 0.4) is 0 Å². The van der Waals surface area contributed by atoms with Crippen LogP contribution in [0.15, 0.2) is 40.8 Å². The Morgan fingerprint density at radius 2 is 2.19 bits per heavy atom. The quantitative estimate of drug-likeness (QED) is 0.385. The van der Waals surface area contributed by atoms with Gasteiger partial charge in [-0.1, -0.05) is 30.3 Å². The van der Waals surface area contributed by atoms with E-state index in [1.807, 2.05) is 25.5 Å². The van der Waals surface area contributed by atoms with Crippen LogP contribution in [0.4, 0.5) is 0 Å². The first-order valence-corrected chi connectivity index (χ1v) is 9.60. The minimum Gasteiger partial charge on any atom is -0.376 e. The summed E-state index contributed by atoms with van der Waals surface area (Å²) < 4.78 is 5.91. The summed E-state index contributed by atoms with van der Waals surface area (Å²) in [6.45, 7) is 6.35. The molecule has 0 spiro atoms. The van der Waals surface area contributed by atoms with Gasteiger partial charge in [-0.05, 0) is 18.9 Å². The van der Waals surface area contributed by atoms with Gasteiger partial charge < -0.3 is 15.0 Å². The Kier molecular flexibility index (Phi) is 8.80. The second kappa shape index (κ2) is 10.8. The molecule has 7 heteroatoms. The number of guanidine groups is 1. The lowest BCUT2D eigenvalue weighted by atomic mass is 10.1. The molecule has 1 unspecified atom stereocenters. The monoisotopic (exact) mass is 486 g/mol. The fourth-order valence-electron chi connectivity index (χ4n) is 3.07. The van der Waals surface area contributed by atoms with Gasteiger partial charge in [0.15, 0.2) is 5.96 Å². The van der Waals surface area contributed by atoms with Gasteiger partial charge in [0, 0.05) is 30.9 Å². The molecule has 1 aromatic carbocycles. The average Bonchev–Trinajstić information content (AvgIpc) is 3.26. The summed E-state index contributed by atoms with van der Waals surface area (Å²) in [5.74, 6) is 1.53. The number of hydrogen-bond donors (Lipinski definition) is 1. The number of halogens is 1. The Bertz CT molecular complexity index is 692. The smallest absolute Gasteiger partial charge is 0.193 e. The van der Waals surface area contributed by atoms with Crippen molar-refractivity contribution in [2.45, 2.75) is 26.5 Å². The van der Waals surface area contributed by atoms with Crippen molar-refractivity contribution in [1.29, 1.82) is 0 Å². The average molecular weight is 486 g/mol. The lowest BCUT2D eigenvalue weighted by molar-refractivity contribution is 0.0906. The molecule has 0 aliphatic carbocycles. The van der Waals surface area contributed by atoms with Crippen molar-refractivity contribution in [2.75, 3.05) is 26.7 Å². The van der Waals surface area contributed by atoms with Crippen molar-refractivity contribution in [3.05, 3.63) is 52.0 Å². The summed E-state index contributed by atoms with van der Waals surface area (Å²) in [5, 5.41) is 3.46. The Morgan fingerprint density at radius 3 is 2.88 bits per heavy atom. The lowest BCUT2D eigenvalue weighted by Crippen LogP contribution is -2.39. The van der Waals surface area contributed by atoms with Crippen LogP contribution < -0.4 is 5.32 Å². The Morgan fingerprint density at radius 1 is 1.38 bits per heavy atom. The molecular weight excluding hydrogens is 459 g/mol. The van der Waals surface area contributed by atoms with Crippen molar-refractivity contribution in [2.24, 2.45) is 10.9 Å². The molecule has 2 heterocycles. The zero-order chi connectivity index (χ0) is 17.5. The second-order valence-electron chi connectivity index (χ2n) is 6.36. The SMILES string of the molecule is CN=C(NCc1scnc1C)N1CCC(COCc2ccccc2)C1.I. The van der Waals surface area contributed by atoms with E-state index >= 15 is 0 Å². The van der Waals surface area contributed by atoms with Gasteiger partial charge in [-0.3, -0.25) is 4.99 Å². The van der Waals surface area contributed by atoms with Crippen LogP contribution in [-0.2, 0) is 17.9 Å². The number of ether oxygens (including phenoxy) is 1. The number of nitrogens with zero attached hydrogens (tertiary/aromatic N) is 3. The number of aliphatic imine (C=N–C) groups is 1. The topological polar surface area (TPSA) is 49.8 Å². The highest BCUT2D eigenvalue weighted by molar-refractivity contribution is 14.0. The van der Waals surface area contributed by atoms with E-state index in [9.17, 15) is 0 Å². The zero-order valence-corrected chi connectivity index (χ0v) is 18.5. The van der Waals surface area contributed by atoms with Crippen LogP contribution in [0.2, 0.25) is 0 Å². The first-order chi connectivity index (χ1) is 12.3. The molecule has 0 amide bonds. The fourth-order valence-corrected chi connectivity index (χ4v) is 3.78. The number of aryl methyl sites for hydroxylation is 1. The van der Waals surface area contributed by atoms with E-state index < -0.39 is 0 Å². The highest BCUT2D eigenvalue weighted by Gasteiger charge is 2.25. The summed E-state index contributed by atoms with van der Waals surface area (Å²) >= 11 is 1.69. The van der Waals surface area contributed by atoms with Crippen LogP contribution in [0.1, 0.15) is 22.6 Å². The minimum absolute atomic E-state index is 0. The molecule has 2 aromatic rings. The highest BCUT2D eigenvalue weighted by Crippen LogP contribution is 2.18. The van der Waals surface area contributed by atoms with Crippen molar-refractivity contribution < 1.29 is 4.74 Å². The summed E-state index contributed by atoms with van der Waals surface area (Å²) in [4.78, 5) is 12.3. The summed E-state index contributed by atoms with van der Waals surface area (Å²) in [5.41, 5.74) is 4.22. The van der Waals surface area contributed by atoms with E-state index in [2.05, 4.69) is 44.5 Å². The molecule has 26 heavy (non-hydrogen) atoms. The summed E-state index contributed by atoms with van der Waals surface area (Å²) in [6.07, 6.45) is 1.15. The Hall–Kier alpha value is -1.19. The lowest BCUT2D eigenvalue weighted by Gasteiger charge is -2.21. The van der Waals surface area contributed by atoms with Gasteiger partial charge in [0.1, 0.15) is 0 Å². The molecule has 0 bridgehead atoms. The third-order valence-electron chi connectivity index (χ3n) is 4.51. The van der Waals surface area contributed by atoms with E-state index in [4.69, 9.17) is 4.74 Å². The molecule has 1 atom stereocenters. The molecule has 142 valence electrons. The first kappa shape index (κ1) is 21.1. The first-order valence-electron chi connectivity index (χ1n) is 8.72.